The molecule has 16 heavy (non-hydrogen) atoms. The Morgan fingerprint density at radius 1 is 1.25 bits per heavy atom. The molecule has 2 aromatic heterocycles. The summed E-state index contributed by atoms with van der Waals surface area (Å²) >= 11 is 1.54. The zero-order chi connectivity index (χ0) is 11.5. The van der Waals surface area contributed by atoms with Crippen molar-refractivity contribution in [2.24, 2.45) is 0 Å². The molecule has 0 amide bonds. The first kappa shape index (κ1) is 11.0. The molecule has 0 saturated carbocycles. The summed E-state index contributed by atoms with van der Waals surface area (Å²) in [6.45, 7) is 3.99. The van der Waals surface area contributed by atoms with E-state index in [1.807, 2.05) is 38.1 Å². The number of aryl methyl sites for hydroxylation is 2. The molecule has 0 aliphatic rings. The Hall–Kier alpha value is -1.48. The van der Waals surface area contributed by atoms with Crippen LogP contribution in [0.25, 0.3) is 0 Å². The Balaban J connectivity index is 2.10. The molecule has 0 aliphatic carbocycles. The van der Waals surface area contributed by atoms with Crippen LogP contribution in [0.1, 0.15) is 25.8 Å². The second-order valence-electron chi connectivity index (χ2n) is 3.84. The second kappa shape index (κ2) is 4.58. The standard InChI is InChI=1S/C13H13NOS/c1-9-3-5-11(14-8-9)7-12(15)13-6-4-10(2)16-13/h3-6,8H,7H2,1-2H3. The maximum Gasteiger partial charge on any atom is 0.178 e. The van der Waals surface area contributed by atoms with Crippen molar-refractivity contribution in [2.75, 3.05) is 0 Å². The Morgan fingerprint density at radius 3 is 2.62 bits per heavy atom. The number of pyridine rings is 1. The summed E-state index contributed by atoms with van der Waals surface area (Å²) < 4.78 is 0. The second-order valence-corrected chi connectivity index (χ2v) is 5.13. The van der Waals surface area contributed by atoms with Crippen LogP contribution in [0.2, 0.25) is 0 Å². The van der Waals surface area contributed by atoms with Crippen LogP contribution in [0, 0.1) is 13.8 Å². The summed E-state index contributed by atoms with van der Waals surface area (Å²) in [7, 11) is 0. The minimum Gasteiger partial charge on any atom is -0.293 e. The van der Waals surface area contributed by atoms with Gasteiger partial charge in [-0.25, -0.2) is 0 Å². The van der Waals surface area contributed by atoms with E-state index >= 15 is 0 Å². The molecule has 2 heterocycles. The number of aromatic nitrogens is 1. The lowest BCUT2D eigenvalue weighted by molar-refractivity contribution is 0.0996. The number of hydrogen-bond donors (Lipinski definition) is 0. The number of nitrogens with zero attached hydrogens (tertiary/aromatic N) is 1. The smallest absolute Gasteiger partial charge is 0.178 e. The molecule has 0 saturated heterocycles. The number of thiophene rings is 1. The SMILES string of the molecule is Cc1ccc(CC(=O)c2ccc(C)s2)nc1. The van der Waals surface area contributed by atoms with Gasteiger partial charge in [-0.1, -0.05) is 6.07 Å². The molecular formula is C13H13NOS. The van der Waals surface area contributed by atoms with Crippen LogP contribution in [0.5, 0.6) is 0 Å². The Labute approximate surface area is 99.0 Å². The average molecular weight is 231 g/mol. The van der Waals surface area contributed by atoms with Crippen molar-refractivity contribution in [2.45, 2.75) is 20.3 Å². The van der Waals surface area contributed by atoms with Crippen LogP contribution < -0.4 is 0 Å². The number of ketones is 1. The molecule has 82 valence electrons. The largest absolute Gasteiger partial charge is 0.293 e. The number of hydrogen-bond acceptors (Lipinski definition) is 3. The lowest BCUT2D eigenvalue weighted by atomic mass is 10.1. The van der Waals surface area contributed by atoms with Crippen molar-refractivity contribution in [3.05, 3.63) is 51.5 Å². The molecule has 0 aliphatic heterocycles. The average Bonchev–Trinajstić information content (AvgIpc) is 2.68. The molecule has 0 radical (unpaired) electrons. The fraction of sp³-hybridized carbons (Fsp3) is 0.231. The molecule has 0 unspecified atom stereocenters. The van der Waals surface area contributed by atoms with Crippen LogP contribution in [0.4, 0.5) is 0 Å². The van der Waals surface area contributed by atoms with Gasteiger partial charge < -0.3 is 0 Å². The van der Waals surface area contributed by atoms with Crippen molar-refractivity contribution >= 4 is 17.1 Å². The van der Waals surface area contributed by atoms with E-state index in [2.05, 4.69) is 4.98 Å². The zero-order valence-corrected chi connectivity index (χ0v) is 10.2. The predicted molar refractivity (Wildman–Crippen MR) is 66.1 cm³/mol. The van der Waals surface area contributed by atoms with Crippen molar-refractivity contribution in [1.82, 2.24) is 4.98 Å². The first-order chi connectivity index (χ1) is 7.65. The minimum absolute atomic E-state index is 0.148. The summed E-state index contributed by atoms with van der Waals surface area (Å²) in [5, 5.41) is 0. The Kier molecular flexibility index (Phi) is 3.15. The molecule has 2 nitrogen and oxygen atoms in total. The number of Topliss-reactive ketones (excluding diaryl/α,β-unsaturated/α-hetero) is 1. The predicted octanol–water partition coefficient (Wildman–Crippen LogP) is 3.19. The molecule has 0 spiro atoms. The van der Waals surface area contributed by atoms with E-state index < -0.39 is 0 Å². The lowest BCUT2D eigenvalue weighted by Gasteiger charge is -1.98. The van der Waals surface area contributed by atoms with Crippen LogP contribution in [-0.4, -0.2) is 10.8 Å². The first-order valence-electron chi connectivity index (χ1n) is 5.16. The van der Waals surface area contributed by atoms with Crippen LogP contribution in [0.3, 0.4) is 0 Å². The fourth-order valence-corrected chi connectivity index (χ4v) is 2.24. The Morgan fingerprint density at radius 2 is 2.06 bits per heavy atom. The third kappa shape index (κ3) is 2.55. The molecule has 2 rings (SSSR count). The van der Waals surface area contributed by atoms with Gasteiger partial charge in [-0.3, -0.25) is 9.78 Å². The molecule has 0 bridgehead atoms. The molecule has 3 heteroatoms. The van der Waals surface area contributed by atoms with Gasteiger partial charge in [0.1, 0.15) is 0 Å². The van der Waals surface area contributed by atoms with Crippen molar-refractivity contribution in [1.29, 1.82) is 0 Å². The summed E-state index contributed by atoms with van der Waals surface area (Å²) in [6, 6.07) is 7.75. The summed E-state index contributed by atoms with van der Waals surface area (Å²) in [4.78, 5) is 18.1. The van der Waals surface area contributed by atoms with E-state index in [1.54, 1.807) is 17.5 Å². The summed E-state index contributed by atoms with van der Waals surface area (Å²) in [6.07, 6.45) is 2.18. The highest BCUT2D eigenvalue weighted by Gasteiger charge is 2.09. The van der Waals surface area contributed by atoms with Crippen molar-refractivity contribution in [3.8, 4) is 0 Å². The van der Waals surface area contributed by atoms with Crippen LogP contribution in [-0.2, 0) is 6.42 Å². The van der Waals surface area contributed by atoms with Gasteiger partial charge >= 0.3 is 0 Å². The first-order valence-corrected chi connectivity index (χ1v) is 5.98. The van der Waals surface area contributed by atoms with Gasteiger partial charge in [0, 0.05) is 16.8 Å². The van der Waals surface area contributed by atoms with E-state index in [1.165, 1.54) is 4.88 Å². The van der Waals surface area contributed by atoms with E-state index in [0.717, 1.165) is 16.1 Å². The van der Waals surface area contributed by atoms with Gasteiger partial charge in [0.05, 0.1) is 11.3 Å². The van der Waals surface area contributed by atoms with Gasteiger partial charge in [0.2, 0.25) is 0 Å². The molecule has 2 aromatic rings. The van der Waals surface area contributed by atoms with E-state index in [-0.39, 0.29) is 5.78 Å². The van der Waals surface area contributed by atoms with Crippen molar-refractivity contribution in [3.63, 3.8) is 0 Å². The van der Waals surface area contributed by atoms with Crippen molar-refractivity contribution < 1.29 is 4.79 Å². The van der Waals surface area contributed by atoms with E-state index in [0.29, 0.717) is 6.42 Å². The number of carbonyl (C=O) groups excluding carboxylic acids is 1. The summed E-state index contributed by atoms with van der Waals surface area (Å²) in [5.41, 5.74) is 1.95. The lowest BCUT2D eigenvalue weighted by Crippen LogP contribution is -2.02. The third-order valence-corrected chi connectivity index (χ3v) is 3.37. The normalized spacial score (nSPS) is 10.4. The van der Waals surface area contributed by atoms with Gasteiger partial charge in [-0.05, 0) is 37.6 Å². The van der Waals surface area contributed by atoms with Crippen LogP contribution in [0.15, 0.2) is 30.5 Å². The van der Waals surface area contributed by atoms with E-state index in [9.17, 15) is 4.79 Å². The monoisotopic (exact) mass is 231 g/mol. The molecule has 0 atom stereocenters. The van der Waals surface area contributed by atoms with Gasteiger partial charge in [0.25, 0.3) is 0 Å². The maximum absolute atomic E-state index is 11.9. The minimum atomic E-state index is 0.148. The molecular weight excluding hydrogens is 218 g/mol. The highest BCUT2D eigenvalue weighted by molar-refractivity contribution is 7.14. The Bertz CT molecular complexity index is 499. The molecule has 0 fully saturated rings. The molecule has 0 aromatic carbocycles. The number of carbonyl (C=O) groups is 1. The quantitative estimate of drug-likeness (QED) is 0.759. The van der Waals surface area contributed by atoms with Gasteiger partial charge in [0.15, 0.2) is 5.78 Å². The summed E-state index contributed by atoms with van der Waals surface area (Å²) in [5.74, 6) is 0.148. The molecule has 0 N–H and O–H groups in total. The van der Waals surface area contributed by atoms with Gasteiger partial charge in [-0.15, -0.1) is 11.3 Å². The maximum atomic E-state index is 11.9. The topological polar surface area (TPSA) is 30.0 Å². The van der Waals surface area contributed by atoms with Crippen LogP contribution >= 0.6 is 11.3 Å². The third-order valence-electron chi connectivity index (χ3n) is 2.33. The number of rotatable bonds is 3. The highest BCUT2D eigenvalue weighted by atomic mass is 32.1. The fourth-order valence-electron chi connectivity index (χ4n) is 1.44. The van der Waals surface area contributed by atoms with E-state index in [4.69, 9.17) is 0 Å². The zero-order valence-electron chi connectivity index (χ0n) is 9.36. The highest BCUT2D eigenvalue weighted by Crippen LogP contribution is 2.17. The van der Waals surface area contributed by atoms with Gasteiger partial charge in [-0.2, -0.15) is 0 Å².